The highest BCUT2D eigenvalue weighted by Crippen LogP contribution is 2.28. The van der Waals surface area contributed by atoms with E-state index in [4.69, 9.17) is 0 Å². The first-order valence-electron chi connectivity index (χ1n) is 8.03. The van der Waals surface area contributed by atoms with Crippen LogP contribution in [0.1, 0.15) is 45.6 Å². The zero-order valence-corrected chi connectivity index (χ0v) is 13.8. The van der Waals surface area contributed by atoms with Gasteiger partial charge in [-0.3, -0.25) is 0 Å². The summed E-state index contributed by atoms with van der Waals surface area (Å²) >= 11 is 0. The number of halogens is 1. The molecular weight excluding hydrogens is 263 g/mol. The van der Waals surface area contributed by atoms with Gasteiger partial charge in [0, 0.05) is 25.6 Å². The predicted molar refractivity (Wildman–Crippen MR) is 88.7 cm³/mol. The molecule has 1 N–H and O–H groups in total. The number of hydrogen-bond donors (Lipinski definition) is 1. The van der Waals surface area contributed by atoms with Crippen LogP contribution in [-0.4, -0.2) is 24.5 Å². The Morgan fingerprint density at radius 2 is 1.90 bits per heavy atom. The maximum Gasteiger partial charge on any atom is 0.123 e. The van der Waals surface area contributed by atoms with Crippen LogP contribution in [0.5, 0.6) is 0 Å². The smallest absolute Gasteiger partial charge is 0.123 e. The van der Waals surface area contributed by atoms with E-state index in [1.807, 2.05) is 26.0 Å². The van der Waals surface area contributed by atoms with Gasteiger partial charge < -0.3 is 10.2 Å². The molecule has 0 amide bonds. The Labute approximate surface area is 129 Å². The average Bonchev–Trinajstić information content (AvgIpc) is 2.47. The standard InChI is InChI=1S/C16H23FN2.C2H6/c1-4-12(2)9-18-13(3)19-10-15(11-19)14-5-7-16(17)8-6-14;1-2/h5-8,12,15,18H,3-4,9-11H2,1-2H3;1-2H3. The van der Waals surface area contributed by atoms with Crippen molar-refractivity contribution in [2.24, 2.45) is 5.92 Å². The van der Waals surface area contributed by atoms with Crippen molar-refractivity contribution < 1.29 is 4.39 Å². The van der Waals surface area contributed by atoms with Crippen molar-refractivity contribution >= 4 is 0 Å². The quantitative estimate of drug-likeness (QED) is 0.838. The molecule has 1 atom stereocenters. The molecule has 0 radical (unpaired) electrons. The van der Waals surface area contributed by atoms with E-state index in [9.17, 15) is 4.39 Å². The zero-order valence-electron chi connectivity index (χ0n) is 13.8. The Hall–Kier alpha value is -1.51. The third-order valence-corrected chi connectivity index (χ3v) is 3.96. The van der Waals surface area contributed by atoms with E-state index in [1.165, 1.54) is 24.1 Å². The van der Waals surface area contributed by atoms with Crippen LogP contribution >= 0.6 is 0 Å². The average molecular weight is 292 g/mol. The maximum atomic E-state index is 12.9. The van der Waals surface area contributed by atoms with Crippen LogP contribution in [0.2, 0.25) is 0 Å². The maximum absolute atomic E-state index is 12.9. The van der Waals surface area contributed by atoms with Gasteiger partial charge in [-0.05, 0) is 23.6 Å². The summed E-state index contributed by atoms with van der Waals surface area (Å²) in [4.78, 5) is 2.25. The zero-order chi connectivity index (χ0) is 15.8. The van der Waals surface area contributed by atoms with Crippen molar-refractivity contribution in [2.75, 3.05) is 19.6 Å². The molecule has 1 aliphatic heterocycles. The van der Waals surface area contributed by atoms with Crippen LogP contribution in [0.3, 0.4) is 0 Å². The van der Waals surface area contributed by atoms with Gasteiger partial charge >= 0.3 is 0 Å². The Bertz CT molecular complexity index is 421. The molecular formula is C18H29FN2. The van der Waals surface area contributed by atoms with E-state index in [0.29, 0.717) is 11.8 Å². The molecule has 2 rings (SSSR count). The van der Waals surface area contributed by atoms with Crippen molar-refractivity contribution in [3.63, 3.8) is 0 Å². The molecule has 1 aromatic rings. The molecule has 3 heteroatoms. The largest absolute Gasteiger partial charge is 0.372 e. The first-order chi connectivity index (χ1) is 10.1. The molecule has 118 valence electrons. The second kappa shape index (κ2) is 8.71. The SMILES string of the molecule is C=C(NCC(C)CC)N1CC(c2ccc(F)cc2)C1.CC. The second-order valence-electron chi connectivity index (χ2n) is 5.49. The molecule has 0 aromatic heterocycles. The van der Waals surface area contributed by atoms with Gasteiger partial charge in [0.15, 0.2) is 0 Å². The molecule has 1 unspecified atom stereocenters. The number of nitrogens with one attached hydrogen (secondary N) is 1. The van der Waals surface area contributed by atoms with Crippen molar-refractivity contribution in [1.82, 2.24) is 10.2 Å². The second-order valence-corrected chi connectivity index (χ2v) is 5.49. The summed E-state index contributed by atoms with van der Waals surface area (Å²) in [5, 5.41) is 3.39. The Morgan fingerprint density at radius 1 is 1.33 bits per heavy atom. The van der Waals surface area contributed by atoms with Crippen LogP contribution in [-0.2, 0) is 0 Å². The number of benzene rings is 1. The summed E-state index contributed by atoms with van der Waals surface area (Å²) in [6.45, 7) is 15.4. The molecule has 1 aromatic carbocycles. The van der Waals surface area contributed by atoms with Gasteiger partial charge in [-0.2, -0.15) is 0 Å². The molecule has 0 spiro atoms. The highest BCUT2D eigenvalue weighted by Gasteiger charge is 2.28. The lowest BCUT2D eigenvalue weighted by atomic mass is 9.91. The summed E-state index contributed by atoms with van der Waals surface area (Å²) in [6.07, 6.45) is 1.18. The van der Waals surface area contributed by atoms with E-state index in [2.05, 4.69) is 30.6 Å². The lowest BCUT2D eigenvalue weighted by molar-refractivity contribution is 0.184. The van der Waals surface area contributed by atoms with Crippen molar-refractivity contribution in [3.05, 3.63) is 48.0 Å². The predicted octanol–water partition coefficient (Wildman–Crippen LogP) is 4.36. The molecule has 1 heterocycles. The number of hydrogen-bond acceptors (Lipinski definition) is 2. The minimum Gasteiger partial charge on any atom is -0.372 e. The van der Waals surface area contributed by atoms with Crippen LogP contribution in [0.4, 0.5) is 4.39 Å². The Kier molecular flexibility index (Phi) is 7.27. The van der Waals surface area contributed by atoms with Crippen molar-refractivity contribution in [2.45, 2.75) is 40.0 Å². The summed E-state index contributed by atoms with van der Waals surface area (Å²) < 4.78 is 12.9. The first kappa shape index (κ1) is 17.5. The third-order valence-electron chi connectivity index (χ3n) is 3.96. The van der Waals surface area contributed by atoms with Gasteiger partial charge in [-0.15, -0.1) is 0 Å². The number of likely N-dealkylation sites (tertiary alicyclic amines) is 1. The molecule has 1 aliphatic rings. The van der Waals surface area contributed by atoms with E-state index in [1.54, 1.807) is 0 Å². The normalized spacial score (nSPS) is 15.6. The molecule has 21 heavy (non-hydrogen) atoms. The van der Waals surface area contributed by atoms with E-state index in [0.717, 1.165) is 25.5 Å². The first-order valence-corrected chi connectivity index (χ1v) is 8.03. The van der Waals surface area contributed by atoms with Crippen LogP contribution < -0.4 is 5.32 Å². The molecule has 2 nitrogen and oxygen atoms in total. The minimum atomic E-state index is -0.167. The summed E-state index contributed by atoms with van der Waals surface area (Å²) in [5.41, 5.74) is 1.22. The van der Waals surface area contributed by atoms with Crippen molar-refractivity contribution in [3.8, 4) is 0 Å². The van der Waals surface area contributed by atoms with E-state index >= 15 is 0 Å². The van der Waals surface area contributed by atoms with E-state index in [-0.39, 0.29) is 5.82 Å². The molecule has 1 saturated heterocycles. The highest BCUT2D eigenvalue weighted by molar-refractivity contribution is 5.24. The van der Waals surface area contributed by atoms with Gasteiger partial charge in [-0.25, -0.2) is 4.39 Å². The minimum absolute atomic E-state index is 0.167. The van der Waals surface area contributed by atoms with Gasteiger partial charge in [-0.1, -0.05) is 52.8 Å². The fourth-order valence-electron chi connectivity index (χ4n) is 2.19. The fourth-order valence-corrected chi connectivity index (χ4v) is 2.19. The monoisotopic (exact) mass is 292 g/mol. The molecule has 1 fully saturated rings. The van der Waals surface area contributed by atoms with Crippen molar-refractivity contribution in [1.29, 1.82) is 0 Å². The highest BCUT2D eigenvalue weighted by atomic mass is 19.1. The van der Waals surface area contributed by atoms with E-state index < -0.39 is 0 Å². The lowest BCUT2D eigenvalue weighted by Crippen LogP contribution is -2.47. The number of nitrogens with zero attached hydrogens (tertiary/aromatic N) is 1. The van der Waals surface area contributed by atoms with Gasteiger partial charge in [0.2, 0.25) is 0 Å². The van der Waals surface area contributed by atoms with Crippen LogP contribution in [0, 0.1) is 11.7 Å². The molecule has 0 saturated carbocycles. The number of rotatable bonds is 6. The van der Waals surface area contributed by atoms with Gasteiger partial charge in [0.05, 0.1) is 5.82 Å². The van der Waals surface area contributed by atoms with Crippen LogP contribution in [0.25, 0.3) is 0 Å². The Balaban J connectivity index is 0.00000106. The Morgan fingerprint density at radius 3 is 2.43 bits per heavy atom. The lowest BCUT2D eigenvalue weighted by Gasteiger charge is -2.42. The molecule has 0 aliphatic carbocycles. The van der Waals surface area contributed by atoms with Gasteiger partial charge in [0.1, 0.15) is 5.82 Å². The van der Waals surface area contributed by atoms with Crippen LogP contribution in [0.15, 0.2) is 36.7 Å². The summed E-state index contributed by atoms with van der Waals surface area (Å²) in [6, 6.07) is 6.83. The summed E-state index contributed by atoms with van der Waals surface area (Å²) in [7, 11) is 0. The topological polar surface area (TPSA) is 15.3 Å². The fraction of sp³-hybridized carbons (Fsp3) is 0.556. The van der Waals surface area contributed by atoms with Gasteiger partial charge in [0.25, 0.3) is 0 Å². The third kappa shape index (κ3) is 5.07. The molecule has 0 bridgehead atoms. The summed E-state index contributed by atoms with van der Waals surface area (Å²) in [5.74, 6) is 2.02.